The van der Waals surface area contributed by atoms with Crippen molar-refractivity contribution in [3.05, 3.63) is 36.4 Å². The summed E-state index contributed by atoms with van der Waals surface area (Å²) in [5.41, 5.74) is 1.88. The zero-order valence-corrected chi connectivity index (χ0v) is 12.4. The Hall–Kier alpha value is -2.01. The number of rotatable bonds is 5. The molecule has 2 aromatic rings. The molecule has 0 radical (unpaired) electrons. The van der Waals surface area contributed by atoms with E-state index in [4.69, 9.17) is 10.6 Å². The van der Waals surface area contributed by atoms with Crippen molar-refractivity contribution in [2.24, 2.45) is 5.92 Å². The predicted molar refractivity (Wildman–Crippen MR) is 83.5 cm³/mol. The van der Waals surface area contributed by atoms with Crippen LogP contribution in [0.15, 0.2) is 36.4 Å². The number of ether oxygens (including phenoxy) is 1. The molecule has 2 heterocycles. The maximum atomic E-state index is 5.86. The fraction of sp³-hybridized carbons (Fsp3) is 0.438. The summed E-state index contributed by atoms with van der Waals surface area (Å²) in [7, 11) is 0. The minimum absolute atomic E-state index is 0.612. The van der Waals surface area contributed by atoms with Crippen LogP contribution in [0, 0.1) is 5.92 Å². The van der Waals surface area contributed by atoms with Crippen LogP contribution in [0.4, 0.5) is 0 Å². The molecular formula is C16H22N4O. The van der Waals surface area contributed by atoms with E-state index in [1.807, 2.05) is 36.4 Å². The highest BCUT2D eigenvalue weighted by Crippen LogP contribution is 2.22. The fourth-order valence-corrected chi connectivity index (χ4v) is 2.74. The molecule has 112 valence electrons. The van der Waals surface area contributed by atoms with Gasteiger partial charge in [-0.2, -0.15) is 0 Å². The SMILES string of the molecule is CC1CCN(CCOc2cc(-c3ccccc3)nn2N)C1. The first-order chi connectivity index (χ1) is 10.2. The van der Waals surface area contributed by atoms with E-state index in [1.165, 1.54) is 24.3 Å². The lowest BCUT2D eigenvalue weighted by Gasteiger charge is -2.15. The molecule has 21 heavy (non-hydrogen) atoms. The Bertz CT molecular complexity index is 581. The van der Waals surface area contributed by atoms with Crippen molar-refractivity contribution in [2.45, 2.75) is 13.3 Å². The number of likely N-dealkylation sites (tertiary alicyclic amines) is 1. The summed E-state index contributed by atoms with van der Waals surface area (Å²) in [5.74, 6) is 7.27. The molecule has 1 aliphatic rings. The molecule has 2 N–H and O–H groups in total. The molecule has 5 heteroatoms. The van der Waals surface area contributed by atoms with Crippen molar-refractivity contribution >= 4 is 0 Å². The summed E-state index contributed by atoms with van der Waals surface area (Å²) in [6.07, 6.45) is 1.28. The van der Waals surface area contributed by atoms with Crippen molar-refractivity contribution in [1.29, 1.82) is 0 Å². The van der Waals surface area contributed by atoms with E-state index >= 15 is 0 Å². The van der Waals surface area contributed by atoms with Gasteiger partial charge in [0.05, 0.1) is 5.69 Å². The monoisotopic (exact) mass is 286 g/mol. The van der Waals surface area contributed by atoms with Crippen LogP contribution in [0.1, 0.15) is 13.3 Å². The van der Waals surface area contributed by atoms with Gasteiger partial charge in [-0.3, -0.25) is 4.90 Å². The Kier molecular flexibility index (Phi) is 4.10. The highest BCUT2D eigenvalue weighted by Gasteiger charge is 2.18. The molecule has 0 bridgehead atoms. The summed E-state index contributed by atoms with van der Waals surface area (Å²) in [5, 5.41) is 4.30. The average molecular weight is 286 g/mol. The van der Waals surface area contributed by atoms with Crippen LogP contribution in [-0.2, 0) is 0 Å². The largest absolute Gasteiger partial charge is 0.475 e. The normalized spacial score (nSPS) is 19.0. The molecule has 0 amide bonds. The van der Waals surface area contributed by atoms with Gasteiger partial charge < -0.3 is 10.6 Å². The van der Waals surface area contributed by atoms with E-state index in [1.54, 1.807) is 0 Å². The van der Waals surface area contributed by atoms with Gasteiger partial charge in [0, 0.05) is 24.7 Å². The molecule has 1 aromatic carbocycles. The van der Waals surface area contributed by atoms with Gasteiger partial charge in [-0.15, -0.1) is 9.89 Å². The summed E-state index contributed by atoms with van der Waals surface area (Å²) in [4.78, 5) is 3.74. The molecule has 1 saturated heterocycles. The Labute approximate surface area is 125 Å². The zero-order chi connectivity index (χ0) is 14.7. The highest BCUT2D eigenvalue weighted by molar-refractivity contribution is 5.59. The van der Waals surface area contributed by atoms with Gasteiger partial charge in [0.25, 0.3) is 0 Å². The number of aromatic nitrogens is 2. The molecule has 3 rings (SSSR count). The molecule has 1 atom stereocenters. The molecule has 1 fully saturated rings. The number of hydrogen-bond donors (Lipinski definition) is 1. The second kappa shape index (κ2) is 6.18. The fourth-order valence-electron chi connectivity index (χ4n) is 2.74. The molecule has 1 aliphatic heterocycles. The van der Waals surface area contributed by atoms with Crippen LogP contribution in [0.5, 0.6) is 5.88 Å². The molecule has 5 nitrogen and oxygen atoms in total. The van der Waals surface area contributed by atoms with E-state index in [2.05, 4.69) is 16.9 Å². The van der Waals surface area contributed by atoms with Gasteiger partial charge in [0.1, 0.15) is 6.61 Å². The smallest absolute Gasteiger partial charge is 0.232 e. The first-order valence-corrected chi connectivity index (χ1v) is 7.48. The first-order valence-electron chi connectivity index (χ1n) is 7.48. The molecule has 0 saturated carbocycles. The van der Waals surface area contributed by atoms with Crippen molar-refractivity contribution in [1.82, 2.24) is 14.8 Å². The van der Waals surface area contributed by atoms with E-state index in [9.17, 15) is 0 Å². The summed E-state index contributed by atoms with van der Waals surface area (Å²) >= 11 is 0. The maximum absolute atomic E-state index is 5.86. The van der Waals surface area contributed by atoms with Crippen LogP contribution in [0.2, 0.25) is 0 Å². The molecule has 0 spiro atoms. The van der Waals surface area contributed by atoms with Crippen molar-refractivity contribution in [3.8, 4) is 17.1 Å². The Balaban J connectivity index is 1.57. The maximum Gasteiger partial charge on any atom is 0.232 e. The lowest BCUT2D eigenvalue weighted by Crippen LogP contribution is -2.26. The second-order valence-electron chi connectivity index (χ2n) is 5.72. The van der Waals surface area contributed by atoms with E-state index < -0.39 is 0 Å². The van der Waals surface area contributed by atoms with Gasteiger partial charge in [0.2, 0.25) is 5.88 Å². The molecule has 0 aliphatic carbocycles. The van der Waals surface area contributed by atoms with Crippen molar-refractivity contribution in [3.63, 3.8) is 0 Å². The van der Waals surface area contributed by atoms with Crippen molar-refractivity contribution < 1.29 is 4.74 Å². The Morgan fingerprint density at radius 2 is 2.14 bits per heavy atom. The summed E-state index contributed by atoms with van der Waals surface area (Å²) in [6.45, 7) is 6.21. The van der Waals surface area contributed by atoms with Crippen LogP contribution in [0.3, 0.4) is 0 Å². The zero-order valence-electron chi connectivity index (χ0n) is 12.4. The number of nitrogens with zero attached hydrogens (tertiary/aromatic N) is 3. The number of benzene rings is 1. The first kappa shape index (κ1) is 13.9. The summed E-state index contributed by atoms with van der Waals surface area (Å²) < 4.78 is 5.77. The molecular weight excluding hydrogens is 264 g/mol. The third-order valence-corrected chi connectivity index (χ3v) is 3.94. The van der Waals surface area contributed by atoms with E-state index in [0.717, 1.165) is 23.7 Å². The third-order valence-electron chi connectivity index (χ3n) is 3.94. The van der Waals surface area contributed by atoms with Gasteiger partial charge in [-0.25, -0.2) is 0 Å². The highest BCUT2D eigenvalue weighted by atomic mass is 16.5. The average Bonchev–Trinajstić information content (AvgIpc) is 3.07. The molecule has 1 unspecified atom stereocenters. The van der Waals surface area contributed by atoms with Crippen molar-refractivity contribution in [2.75, 3.05) is 32.1 Å². The van der Waals surface area contributed by atoms with Crippen LogP contribution in [-0.4, -0.2) is 41.0 Å². The number of nitrogens with two attached hydrogens (primary N) is 1. The van der Waals surface area contributed by atoms with Crippen LogP contribution in [0.25, 0.3) is 11.3 Å². The lowest BCUT2D eigenvalue weighted by atomic mass is 10.2. The third kappa shape index (κ3) is 3.36. The molecule has 1 aromatic heterocycles. The minimum Gasteiger partial charge on any atom is -0.475 e. The van der Waals surface area contributed by atoms with Gasteiger partial charge in [-0.1, -0.05) is 37.3 Å². The standard InChI is InChI=1S/C16H22N4O/c1-13-7-8-19(12-13)9-10-21-16-11-15(18-20(16)17)14-5-3-2-4-6-14/h2-6,11,13H,7-10,12,17H2,1H3. The van der Waals surface area contributed by atoms with Crippen LogP contribution >= 0.6 is 0 Å². The van der Waals surface area contributed by atoms with E-state index in [0.29, 0.717) is 12.5 Å². The number of nitrogen functional groups attached to an aromatic ring is 1. The summed E-state index contributed by atoms with van der Waals surface area (Å²) in [6, 6.07) is 11.9. The second-order valence-corrected chi connectivity index (χ2v) is 5.72. The number of hydrogen-bond acceptors (Lipinski definition) is 4. The van der Waals surface area contributed by atoms with Gasteiger partial charge in [-0.05, 0) is 18.9 Å². The minimum atomic E-state index is 0.612. The lowest BCUT2D eigenvalue weighted by molar-refractivity contribution is 0.223. The Morgan fingerprint density at radius 1 is 1.33 bits per heavy atom. The topological polar surface area (TPSA) is 56.3 Å². The predicted octanol–water partition coefficient (Wildman–Crippen LogP) is 1.98. The van der Waals surface area contributed by atoms with Crippen LogP contribution < -0.4 is 10.6 Å². The quantitative estimate of drug-likeness (QED) is 0.854. The van der Waals surface area contributed by atoms with E-state index in [-0.39, 0.29) is 0 Å². The van der Waals surface area contributed by atoms with Gasteiger partial charge in [0.15, 0.2) is 0 Å². The Morgan fingerprint density at radius 3 is 2.86 bits per heavy atom. The van der Waals surface area contributed by atoms with Gasteiger partial charge >= 0.3 is 0 Å².